The van der Waals surface area contributed by atoms with Gasteiger partial charge in [0.2, 0.25) is 0 Å². The number of hydrogen-bond acceptors (Lipinski definition) is 6. The van der Waals surface area contributed by atoms with Crippen LogP contribution in [0.15, 0.2) is 79.1 Å². The molecule has 184 valence electrons. The third kappa shape index (κ3) is 6.45. The van der Waals surface area contributed by atoms with Crippen molar-refractivity contribution in [3.63, 3.8) is 0 Å². The maximum Gasteiger partial charge on any atom is 0.307 e. The molecule has 0 unspecified atom stereocenters. The molecule has 8 nitrogen and oxygen atoms in total. The zero-order valence-corrected chi connectivity index (χ0v) is 24.0. The van der Waals surface area contributed by atoms with Gasteiger partial charge in [-0.15, -0.1) is 0 Å². The van der Waals surface area contributed by atoms with Gasteiger partial charge in [0.1, 0.15) is 5.58 Å². The molecule has 0 saturated carbocycles. The van der Waals surface area contributed by atoms with Gasteiger partial charge in [0.25, 0.3) is 5.91 Å². The lowest BCUT2D eigenvalue weighted by Gasteiger charge is -2.13. The number of carbonyl (C=O) groups excluding carboxylic acids is 2. The van der Waals surface area contributed by atoms with Crippen LogP contribution in [0.25, 0.3) is 11.0 Å². The number of carbonyl (C=O) groups is 2. The first-order valence-electron chi connectivity index (χ1n) is 10.4. The molecule has 11 heteroatoms. The number of methoxy groups -OCH3 is 1. The van der Waals surface area contributed by atoms with Gasteiger partial charge in [0.05, 0.1) is 21.4 Å². The first-order chi connectivity index (χ1) is 17.3. The summed E-state index contributed by atoms with van der Waals surface area (Å²) < 4.78 is 19.1. The molecule has 0 aliphatic heterocycles. The predicted molar refractivity (Wildman–Crippen MR) is 153 cm³/mol. The highest BCUT2D eigenvalue weighted by Gasteiger charge is 2.15. The first-order valence-corrected chi connectivity index (χ1v) is 13.1. The van der Waals surface area contributed by atoms with E-state index in [1.165, 1.54) is 13.3 Å². The number of hydrogen-bond donors (Lipinski definition) is 2. The smallest absolute Gasteiger partial charge is 0.307 e. The van der Waals surface area contributed by atoms with Crippen LogP contribution in [0.2, 0.25) is 0 Å². The molecular formula is C25H18Br2IN3O5. The van der Waals surface area contributed by atoms with Gasteiger partial charge in [-0.25, -0.2) is 5.43 Å². The number of furan rings is 1. The molecular weight excluding hydrogens is 709 g/mol. The number of halogens is 3. The molecule has 0 fully saturated rings. The van der Waals surface area contributed by atoms with Crippen LogP contribution >= 0.6 is 54.5 Å². The van der Waals surface area contributed by atoms with Gasteiger partial charge in [0, 0.05) is 15.5 Å². The number of fused-ring (bicyclic) bond motifs is 1. The molecule has 2 N–H and O–H groups in total. The Morgan fingerprint density at radius 3 is 2.64 bits per heavy atom. The van der Waals surface area contributed by atoms with E-state index in [2.05, 4.69) is 70.3 Å². The van der Waals surface area contributed by atoms with Crippen molar-refractivity contribution >= 4 is 89.1 Å². The molecule has 0 aliphatic rings. The summed E-state index contributed by atoms with van der Waals surface area (Å²) in [5.41, 5.74) is 4.40. The van der Waals surface area contributed by atoms with Crippen LogP contribution < -0.4 is 20.2 Å². The van der Waals surface area contributed by atoms with Crippen molar-refractivity contribution in [2.45, 2.75) is 0 Å². The van der Waals surface area contributed by atoms with Crippen LogP contribution in [-0.2, 0) is 4.79 Å². The van der Waals surface area contributed by atoms with Gasteiger partial charge in [-0.3, -0.25) is 9.59 Å². The molecule has 4 aromatic rings. The van der Waals surface area contributed by atoms with Crippen molar-refractivity contribution in [3.8, 4) is 11.5 Å². The van der Waals surface area contributed by atoms with Gasteiger partial charge in [-0.2, -0.15) is 5.10 Å². The number of amides is 2. The number of nitrogens with zero attached hydrogens (tertiary/aromatic N) is 1. The van der Waals surface area contributed by atoms with E-state index < -0.39 is 5.91 Å². The standard InChI is InChI=1S/C25H18Br2IN3O5/c1-34-20-8-14(7-18(27)24(20)35-13-22(32)30-17-5-3-2-4-6-17)12-29-31-25(33)21-10-15-9-16(26)11-19(28)23(15)36-21/h2-12H,13H2,1H3,(H,30,32)(H,31,33)/b29-12-. The highest BCUT2D eigenvalue weighted by molar-refractivity contribution is 14.1. The van der Waals surface area contributed by atoms with Gasteiger partial charge in [-0.05, 0) is 86.5 Å². The van der Waals surface area contributed by atoms with E-state index in [0.717, 1.165) is 13.4 Å². The van der Waals surface area contributed by atoms with Crippen LogP contribution in [0.1, 0.15) is 16.1 Å². The van der Waals surface area contributed by atoms with Crippen molar-refractivity contribution in [2.24, 2.45) is 5.10 Å². The summed E-state index contributed by atoms with van der Waals surface area (Å²) in [7, 11) is 1.49. The minimum absolute atomic E-state index is 0.148. The molecule has 0 spiro atoms. The normalized spacial score (nSPS) is 11.0. The van der Waals surface area contributed by atoms with E-state index >= 15 is 0 Å². The first kappa shape index (κ1) is 26.2. The van der Waals surface area contributed by atoms with Crippen LogP contribution in [0.5, 0.6) is 11.5 Å². The summed E-state index contributed by atoms with van der Waals surface area (Å²) in [6.07, 6.45) is 1.46. The summed E-state index contributed by atoms with van der Waals surface area (Å²) in [5.74, 6) is 0.113. The highest BCUT2D eigenvalue weighted by atomic mass is 127. The number of benzene rings is 3. The molecule has 0 saturated heterocycles. The van der Waals surface area contributed by atoms with E-state index in [9.17, 15) is 9.59 Å². The number of nitrogens with one attached hydrogen (secondary N) is 2. The summed E-state index contributed by atoms with van der Waals surface area (Å²) >= 11 is 9.03. The molecule has 3 aromatic carbocycles. The Morgan fingerprint density at radius 1 is 1.11 bits per heavy atom. The van der Waals surface area contributed by atoms with Crippen LogP contribution in [0, 0.1) is 3.57 Å². The fourth-order valence-corrected chi connectivity index (χ4v) is 5.45. The molecule has 0 bridgehead atoms. The van der Waals surface area contributed by atoms with Crippen LogP contribution in [0.3, 0.4) is 0 Å². The van der Waals surface area contributed by atoms with Crippen molar-refractivity contribution in [1.29, 1.82) is 0 Å². The fourth-order valence-electron chi connectivity index (χ4n) is 3.22. The summed E-state index contributed by atoms with van der Waals surface area (Å²) in [6, 6.07) is 17.9. The lowest BCUT2D eigenvalue weighted by Crippen LogP contribution is -2.20. The lowest BCUT2D eigenvalue weighted by molar-refractivity contribution is -0.118. The number of rotatable bonds is 8. The number of hydrazone groups is 1. The third-order valence-corrected chi connectivity index (χ3v) is 6.64. The second-order valence-electron chi connectivity index (χ2n) is 7.35. The minimum Gasteiger partial charge on any atom is -0.493 e. The Balaban J connectivity index is 1.40. The second-order valence-corrected chi connectivity index (χ2v) is 10.3. The molecule has 2 amide bonds. The third-order valence-electron chi connectivity index (χ3n) is 4.80. The number of ether oxygens (including phenoxy) is 2. The Bertz CT molecular complexity index is 1460. The average Bonchev–Trinajstić information content (AvgIpc) is 3.28. The number of anilines is 1. The molecule has 0 radical (unpaired) electrons. The zero-order valence-electron chi connectivity index (χ0n) is 18.7. The SMILES string of the molecule is COc1cc(/C=N\NC(=O)c2cc3cc(Br)cc(I)c3o2)cc(Br)c1OCC(=O)Nc1ccccc1. The van der Waals surface area contributed by atoms with Crippen molar-refractivity contribution in [3.05, 3.63) is 84.5 Å². The zero-order chi connectivity index (χ0) is 25.7. The van der Waals surface area contributed by atoms with Crippen molar-refractivity contribution < 1.29 is 23.5 Å². The molecule has 0 aliphatic carbocycles. The molecule has 1 aromatic heterocycles. The fraction of sp³-hybridized carbons (Fsp3) is 0.0800. The number of para-hydroxylation sites is 1. The molecule has 36 heavy (non-hydrogen) atoms. The largest absolute Gasteiger partial charge is 0.493 e. The summed E-state index contributed by atoms with van der Waals surface area (Å²) in [4.78, 5) is 24.7. The monoisotopic (exact) mass is 725 g/mol. The van der Waals surface area contributed by atoms with Gasteiger partial charge in [-0.1, -0.05) is 34.1 Å². The van der Waals surface area contributed by atoms with E-state index in [0.29, 0.717) is 32.8 Å². The quantitative estimate of drug-likeness (QED) is 0.125. The van der Waals surface area contributed by atoms with E-state index in [4.69, 9.17) is 13.9 Å². The average molecular weight is 727 g/mol. The Kier molecular flexibility index (Phi) is 8.64. The van der Waals surface area contributed by atoms with Gasteiger partial charge >= 0.3 is 5.91 Å². The maximum absolute atomic E-state index is 12.5. The Hall–Kier alpha value is -2.90. The van der Waals surface area contributed by atoms with E-state index in [1.807, 2.05) is 30.3 Å². The molecule has 0 atom stereocenters. The summed E-state index contributed by atoms with van der Waals surface area (Å²) in [5, 5.41) is 7.58. The Morgan fingerprint density at radius 2 is 1.89 bits per heavy atom. The predicted octanol–water partition coefficient (Wildman–Crippen LogP) is 6.35. The van der Waals surface area contributed by atoms with Gasteiger partial charge in [0.15, 0.2) is 23.9 Å². The lowest BCUT2D eigenvalue weighted by atomic mass is 10.2. The van der Waals surface area contributed by atoms with Gasteiger partial charge < -0.3 is 19.2 Å². The van der Waals surface area contributed by atoms with Crippen LogP contribution in [0.4, 0.5) is 5.69 Å². The van der Waals surface area contributed by atoms with E-state index in [1.54, 1.807) is 30.3 Å². The highest BCUT2D eigenvalue weighted by Crippen LogP contribution is 2.36. The van der Waals surface area contributed by atoms with Crippen molar-refractivity contribution in [2.75, 3.05) is 19.0 Å². The van der Waals surface area contributed by atoms with Crippen LogP contribution in [-0.4, -0.2) is 31.7 Å². The van der Waals surface area contributed by atoms with Crippen molar-refractivity contribution in [1.82, 2.24) is 5.43 Å². The molecule has 4 rings (SSSR count). The maximum atomic E-state index is 12.5. The second kappa shape index (κ2) is 11.9. The van der Waals surface area contributed by atoms with E-state index in [-0.39, 0.29) is 18.3 Å². The topological polar surface area (TPSA) is 102 Å². The Labute approximate surface area is 236 Å². The minimum atomic E-state index is -0.482. The summed E-state index contributed by atoms with van der Waals surface area (Å²) in [6.45, 7) is -0.208. The molecule has 1 heterocycles.